The average Bonchev–Trinajstić information content (AvgIpc) is 3.48. The molecule has 137 valence electrons. The third-order valence-corrected chi connectivity index (χ3v) is 3.75. The normalized spacial score (nSPS) is 10.3. The molecule has 0 amide bonds. The van der Waals surface area contributed by atoms with Gasteiger partial charge in [-0.05, 0) is 0 Å². The van der Waals surface area contributed by atoms with Crippen LogP contribution in [0, 0.1) is 41.7 Å². The van der Waals surface area contributed by atoms with Gasteiger partial charge in [0.2, 0.25) is 7.55 Å². The minimum Gasteiger partial charge on any atom is -0.412 e. The van der Waals surface area contributed by atoms with Gasteiger partial charge in [0.1, 0.15) is 31.6 Å². The van der Waals surface area contributed by atoms with Crippen LogP contribution >= 0.6 is 0 Å². The van der Waals surface area contributed by atoms with Crippen LogP contribution in [0.3, 0.4) is 0 Å². The van der Waals surface area contributed by atoms with Crippen molar-refractivity contribution in [3.8, 4) is 0 Å². The third-order valence-electron chi connectivity index (χ3n) is 3.75. The van der Waals surface area contributed by atoms with Gasteiger partial charge in [-0.25, -0.2) is 50.4 Å². The molecule has 0 N–H and O–H groups in total. The number of hydrogen-bond acceptors (Lipinski definition) is 10. The molecule has 28 heavy (non-hydrogen) atoms. The van der Waals surface area contributed by atoms with Crippen LogP contribution in [0.5, 0.6) is 0 Å². The first-order valence-corrected chi connectivity index (χ1v) is 8.01. The van der Waals surface area contributed by atoms with Crippen molar-refractivity contribution in [1.29, 1.82) is 0 Å². The Labute approximate surface area is 192 Å². The van der Waals surface area contributed by atoms with Gasteiger partial charge in [-0.1, -0.05) is 0 Å². The second-order valence-electron chi connectivity index (χ2n) is 5.57. The van der Waals surface area contributed by atoms with Crippen LogP contribution in [0.1, 0.15) is 0 Å². The summed E-state index contributed by atoms with van der Waals surface area (Å²) in [7, 11) is -1.85. The van der Waals surface area contributed by atoms with Crippen LogP contribution in [0.15, 0.2) is 63.3 Å². The predicted octanol–water partition coefficient (Wildman–Crippen LogP) is -3.61. The molecule has 0 aromatic carbocycles. The maximum atomic E-state index is 4.09. The summed E-state index contributed by atoms with van der Waals surface area (Å²) in [6.07, 6.45) is 15.6. The van der Waals surface area contributed by atoms with Crippen LogP contribution in [0.2, 0.25) is 0 Å². The fraction of sp³-hybridized carbons (Fsp3) is 0. The Hall–Kier alpha value is -2.79. The van der Waals surface area contributed by atoms with E-state index < -0.39 is 14.7 Å². The molecule has 18 heteroatoms. The van der Waals surface area contributed by atoms with Gasteiger partial charge >= 0.3 is 48.9 Å². The van der Waals surface area contributed by atoms with Gasteiger partial charge < -0.3 is 23.0 Å². The summed E-state index contributed by atoms with van der Waals surface area (Å²) in [6, 6.07) is 0. The third kappa shape index (κ3) is 4.92. The Morgan fingerprint density at radius 3 is 1.14 bits per heavy atom. The number of rotatable bonds is 5. The summed E-state index contributed by atoms with van der Waals surface area (Å²) >= 11 is 0. The molecular weight excluding hydrogens is 492 g/mol. The molecule has 15 nitrogen and oxygen atoms in total. The number of aromatic nitrogens is 15. The van der Waals surface area contributed by atoms with Crippen molar-refractivity contribution in [2.75, 3.05) is 0 Å². The number of nitrogens with zero attached hydrogens (tertiary/aromatic N) is 15. The van der Waals surface area contributed by atoms with E-state index in [-0.39, 0.29) is 41.7 Å². The maximum absolute atomic E-state index is 4.09. The van der Waals surface area contributed by atoms with Crippen molar-refractivity contribution < 1.29 is 41.7 Å². The molecule has 0 bridgehead atoms. The maximum Gasteiger partial charge on any atom is 3.00 e. The summed E-state index contributed by atoms with van der Waals surface area (Å²) in [5, 5.41) is 20.2. The molecule has 0 unspecified atom stereocenters. The van der Waals surface area contributed by atoms with Gasteiger partial charge in [0, 0.05) is 0 Å². The Kier molecular flexibility index (Phi) is 7.09. The summed E-state index contributed by atoms with van der Waals surface area (Å²) in [6.45, 7) is 0. The van der Waals surface area contributed by atoms with E-state index in [1.54, 1.807) is 54.6 Å². The fourth-order valence-electron chi connectivity index (χ4n) is 2.53. The van der Waals surface area contributed by atoms with Crippen molar-refractivity contribution >= 4 is 14.7 Å². The Balaban J connectivity index is 0.000000165. The molecule has 0 aliphatic heterocycles. The fourth-order valence-corrected chi connectivity index (χ4v) is 2.53. The first-order valence-electron chi connectivity index (χ1n) is 8.01. The summed E-state index contributed by atoms with van der Waals surface area (Å²) in [4.78, 5) is 19.4. The van der Waals surface area contributed by atoms with Gasteiger partial charge in [0.25, 0.3) is 0 Å². The van der Waals surface area contributed by atoms with Crippen LogP contribution in [-0.2, 0) is 0 Å². The van der Waals surface area contributed by atoms with Gasteiger partial charge in [-0.3, -0.25) is 0 Å². The molecule has 0 aliphatic carbocycles. The molecule has 0 spiro atoms. The summed E-state index contributed by atoms with van der Waals surface area (Å²) < 4.78 is 8.62. The van der Waals surface area contributed by atoms with Crippen molar-refractivity contribution in [2.24, 2.45) is 0 Å². The van der Waals surface area contributed by atoms with Crippen LogP contribution in [-0.4, -0.2) is 88.0 Å². The molecule has 0 saturated carbocycles. The molecule has 5 heterocycles. The minimum atomic E-state index is -1.31. The summed E-state index contributed by atoms with van der Waals surface area (Å²) in [5.41, 5.74) is 0. The van der Waals surface area contributed by atoms with Crippen molar-refractivity contribution in [2.45, 2.75) is 0 Å². The van der Waals surface area contributed by atoms with E-state index in [9.17, 15) is 0 Å². The zero-order valence-corrected chi connectivity index (χ0v) is 17.8. The molecular formula is C10H13B2CeN15+. The molecule has 1 radical (unpaired) electrons. The van der Waals surface area contributed by atoms with Crippen molar-refractivity contribution in [3.63, 3.8) is 0 Å². The van der Waals surface area contributed by atoms with Gasteiger partial charge in [-0.15, -0.1) is 0 Å². The Morgan fingerprint density at radius 2 is 0.857 bits per heavy atom. The van der Waals surface area contributed by atoms with E-state index >= 15 is 0 Å². The predicted molar refractivity (Wildman–Crippen MR) is 92.8 cm³/mol. The molecule has 0 fully saturated rings. The van der Waals surface area contributed by atoms with E-state index in [2.05, 4.69) is 50.4 Å². The monoisotopic (exact) mass is 505 g/mol. The second-order valence-corrected chi connectivity index (χ2v) is 5.57. The van der Waals surface area contributed by atoms with Crippen molar-refractivity contribution in [3.05, 3.63) is 63.3 Å². The first kappa shape index (κ1) is 20.0. The minimum absolute atomic E-state index is 0. The SMILES string of the molecule is [BH2-](n1cncn1)n1cncn1.[Ce+3].c1ncn([BH-](n2cncn2)n2cncn2)n1. The smallest absolute Gasteiger partial charge is 0.412 e. The van der Waals surface area contributed by atoms with E-state index in [0.717, 1.165) is 0 Å². The van der Waals surface area contributed by atoms with Gasteiger partial charge in [0.15, 0.2) is 0 Å². The van der Waals surface area contributed by atoms with E-state index in [4.69, 9.17) is 0 Å². The molecule has 0 saturated heterocycles. The van der Waals surface area contributed by atoms with Gasteiger partial charge in [0.05, 0.1) is 31.6 Å². The molecule has 5 aromatic heterocycles. The second kappa shape index (κ2) is 9.94. The zero-order chi connectivity index (χ0) is 18.3. The van der Waals surface area contributed by atoms with Crippen LogP contribution in [0.25, 0.3) is 0 Å². The Bertz CT molecular complexity index is 882. The van der Waals surface area contributed by atoms with Crippen LogP contribution < -0.4 is 0 Å². The topological polar surface area (TPSA) is 154 Å². The largest absolute Gasteiger partial charge is 3.00 e. The molecule has 0 aliphatic rings. The van der Waals surface area contributed by atoms with Crippen LogP contribution in [0.4, 0.5) is 0 Å². The molecule has 5 rings (SSSR count). The van der Waals surface area contributed by atoms with E-state index in [1.165, 1.54) is 31.6 Å². The standard InChI is InChI=1S/C6H7BN9.C4H6BN6.Ce/c1-8-4-14(11-1)7(15-5-9-2-12-15)16-6-10-3-13-16;1-6-3-10(8-1)5-11-4-7-2-9-11;/h1-7H;1-4H,5H2;/q2*-1;+3. The first-order chi connectivity index (χ1) is 13.4. The zero-order valence-electron chi connectivity index (χ0n) is 14.7. The Morgan fingerprint density at radius 1 is 0.500 bits per heavy atom. The van der Waals surface area contributed by atoms with Crippen molar-refractivity contribution in [1.82, 2.24) is 73.4 Å². The van der Waals surface area contributed by atoms with E-state index in [0.29, 0.717) is 0 Å². The van der Waals surface area contributed by atoms with Gasteiger partial charge in [-0.2, -0.15) is 0 Å². The number of hydrogen-bond donors (Lipinski definition) is 0. The molecule has 0 atom stereocenters. The summed E-state index contributed by atoms with van der Waals surface area (Å²) in [5.74, 6) is 0. The molecule has 5 aromatic rings. The average molecular weight is 505 g/mol. The van der Waals surface area contributed by atoms with E-state index in [1.807, 2.05) is 0 Å². The quantitative estimate of drug-likeness (QED) is 0.219.